The molecule has 0 fully saturated rings. The van der Waals surface area contributed by atoms with Gasteiger partial charge >= 0.3 is 0 Å². The van der Waals surface area contributed by atoms with E-state index in [0.717, 1.165) is 22.3 Å². The molecule has 3 heterocycles. The summed E-state index contributed by atoms with van der Waals surface area (Å²) in [7, 11) is 0. The Morgan fingerprint density at radius 3 is 2.68 bits per heavy atom. The summed E-state index contributed by atoms with van der Waals surface area (Å²) < 4.78 is 1.83. The van der Waals surface area contributed by atoms with Gasteiger partial charge in [0.15, 0.2) is 11.3 Å². The maximum absolute atomic E-state index is 4.48. The van der Waals surface area contributed by atoms with Crippen LogP contribution < -0.4 is 0 Å². The van der Waals surface area contributed by atoms with Crippen molar-refractivity contribution in [1.29, 1.82) is 0 Å². The van der Waals surface area contributed by atoms with E-state index in [4.69, 9.17) is 0 Å². The van der Waals surface area contributed by atoms with E-state index in [9.17, 15) is 0 Å². The van der Waals surface area contributed by atoms with Gasteiger partial charge in [0.25, 0.3) is 0 Å². The highest BCUT2D eigenvalue weighted by Gasteiger charge is 2.06. The fourth-order valence-electron chi connectivity index (χ4n) is 2.12. The summed E-state index contributed by atoms with van der Waals surface area (Å²) in [5, 5.41) is 8.31. The van der Waals surface area contributed by atoms with Crippen LogP contribution in [-0.4, -0.2) is 24.6 Å². The standard InChI is InChI=1S/C14H9N5/c1-2-4-10(5-3-1)11-6-12-14(16-7-11)19-9-15-8-13(19)18-17-12/h1-9H. The lowest BCUT2D eigenvalue weighted by atomic mass is 10.1. The van der Waals surface area contributed by atoms with Crippen molar-refractivity contribution >= 4 is 16.8 Å². The van der Waals surface area contributed by atoms with Crippen LogP contribution in [0.2, 0.25) is 0 Å². The molecule has 5 nitrogen and oxygen atoms in total. The first kappa shape index (κ1) is 10.1. The van der Waals surface area contributed by atoms with Crippen molar-refractivity contribution in [2.75, 3.05) is 0 Å². The number of benzene rings is 1. The smallest absolute Gasteiger partial charge is 0.180 e. The number of aromatic nitrogens is 5. The summed E-state index contributed by atoms with van der Waals surface area (Å²) in [6, 6.07) is 12.1. The minimum atomic E-state index is 0.701. The van der Waals surface area contributed by atoms with Crippen molar-refractivity contribution in [2.45, 2.75) is 0 Å². The Morgan fingerprint density at radius 1 is 0.895 bits per heavy atom. The second kappa shape index (κ2) is 3.84. The predicted octanol–water partition coefficient (Wildman–Crippen LogP) is 2.34. The van der Waals surface area contributed by atoms with Gasteiger partial charge in [0.2, 0.25) is 0 Å². The third kappa shape index (κ3) is 1.55. The van der Waals surface area contributed by atoms with Gasteiger partial charge < -0.3 is 0 Å². The Morgan fingerprint density at radius 2 is 1.79 bits per heavy atom. The van der Waals surface area contributed by atoms with E-state index in [2.05, 4.69) is 20.2 Å². The average molecular weight is 247 g/mol. The molecule has 4 rings (SSSR count). The Bertz CT molecular complexity index is 867. The lowest BCUT2D eigenvalue weighted by molar-refractivity contribution is 1.02. The summed E-state index contributed by atoms with van der Waals surface area (Å²) in [4.78, 5) is 8.53. The Balaban J connectivity index is 1.99. The zero-order valence-corrected chi connectivity index (χ0v) is 9.93. The molecule has 4 aromatic rings. The minimum absolute atomic E-state index is 0.701. The summed E-state index contributed by atoms with van der Waals surface area (Å²) in [6.07, 6.45) is 5.21. The van der Waals surface area contributed by atoms with Crippen LogP contribution in [0.3, 0.4) is 0 Å². The average Bonchev–Trinajstić information content (AvgIpc) is 2.96. The summed E-state index contributed by atoms with van der Waals surface area (Å²) >= 11 is 0. The van der Waals surface area contributed by atoms with Gasteiger partial charge in [-0.15, -0.1) is 10.2 Å². The van der Waals surface area contributed by atoms with Crippen molar-refractivity contribution in [3.8, 4) is 11.1 Å². The van der Waals surface area contributed by atoms with Gasteiger partial charge in [0.05, 0.1) is 6.20 Å². The number of hydrogen-bond donors (Lipinski definition) is 0. The molecule has 90 valence electrons. The summed E-state index contributed by atoms with van der Waals surface area (Å²) in [5.74, 6) is 0. The molecular weight excluding hydrogens is 238 g/mol. The molecule has 19 heavy (non-hydrogen) atoms. The van der Waals surface area contributed by atoms with E-state index in [0.29, 0.717) is 5.65 Å². The molecule has 0 aliphatic rings. The second-order valence-corrected chi connectivity index (χ2v) is 4.25. The number of rotatable bonds is 1. The van der Waals surface area contributed by atoms with E-state index in [-0.39, 0.29) is 0 Å². The van der Waals surface area contributed by atoms with Crippen molar-refractivity contribution in [3.05, 3.63) is 55.1 Å². The number of pyridine rings is 1. The lowest BCUT2D eigenvalue weighted by Crippen LogP contribution is -1.96. The van der Waals surface area contributed by atoms with Crippen molar-refractivity contribution in [3.63, 3.8) is 0 Å². The second-order valence-electron chi connectivity index (χ2n) is 4.25. The number of hydrogen-bond acceptors (Lipinski definition) is 4. The van der Waals surface area contributed by atoms with Gasteiger partial charge in [-0.25, -0.2) is 9.97 Å². The van der Waals surface area contributed by atoms with Crippen molar-refractivity contribution in [2.24, 2.45) is 0 Å². The molecule has 3 aromatic heterocycles. The SMILES string of the molecule is c1ccc(-c2cnc3c(c2)nnc2cncn23)cc1. The number of fused-ring (bicyclic) bond motifs is 3. The molecule has 0 saturated heterocycles. The van der Waals surface area contributed by atoms with Gasteiger partial charge in [-0.05, 0) is 11.6 Å². The number of imidazole rings is 1. The first-order valence-electron chi connectivity index (χ1n) is 5.92. The molecule has 0 unspecified atom stereocenters. The van der Waals surface area contributed by atoms with E-state index in [1.54, 1.807) is 12.5 Å². The first-order valence-corrected chi connectivity index (χ1v) is 5.92. The third-order valence-electron chi connectivity index (χ3n) is 3.06. The largest absolute Gasteiger partial charge is 0.264 e. The van der Waals surface area contributed by atoms with Gasteiger partial charge in [0, 0.05) is 11.8 Å². The van der Waals surface area contributed by atoms with Crippen LogP contribution in [0.15, 0.2) is 55.1 Å². The van der Waals surface area contributed by atoms with E-state index in [1.165, 1.54) is 0 Å². The predicted molar refractivity (Wildman–Crippen MR) is 71.5 cm³/mol. The van der Waals surface area contributed by atoms with Crippen LogP contribution in [0.5, 0.6) is 0 Å². The van der Waals surface area contributed by atoms with Gasteiger partial charge in [-0.3, -0.25) is 4.40 Å². The molecule has 0 radical (unpaired) electrons. The van der Waals surface area contributed by atoms with Gasteiger partial charge in [-0.1, -0.05) is 30.3 Å². The Kier molecular flexibility index (Phi) is 2.05. The maximum Gasteiger partial charge on any atom is 0.180 e. The van der Waals surface area contributed by atoms with E-state index in [1.807, 2.05) is 47.0 Å². The first-order chi connectivity index (χ1) is 9.42. The fraction of sp³-hybridized carbons (Fsp3) is 0. The monoisotopic (exact) mass is 247 g/mol. The molecule has 0 atom stereocenters. The zero-order valence-electron chi connectivity index (χ0n) is 9.93. The van der Waals surface area contributed by atoms with Crippen molar-refractivity contribution < 1.29 is 0 Å². The Hall–Kier alpha value is -2.82. The molecule has 0 N–H and O–H groups in total. The summed E-state index contributed by atoms with van der Waals surface area (Å²) in [6.45, 7) is 0. The summed E-state index contributed by atoms with van der Waals surface area (Å²) in [5.41, 5.74) is 4.37. The normalized spacial score (nSPS) is 11.2. The Labute approximate surface area is 108 Å². The van der Waals surface area contributed by atoms with E-state index < -0.39 is 0 Å². The molecule has 0 spiro atoms. The topological polar surface area (TPSA) is 56.0 Å². The fourth-order valence-corrected chi connectivity index (χ4v) is 2.12. The molecule has 0 amide bonds. The molecule has 5 heteroatoms. The van der Waals surface area contributed by atoms with Crippen LogP contribution in [0.4, 0.5) is 0 Å². The molecule has 1 aromatic carbocycles. The highest BCUT2D eigenvalue weighted by atomic mass is 15.2. The molecule has 0 aliphatic carbocycles. The van der Waals surface area contributed by atoms with Crippen LogP contribution >= 0.6 is 0 Å². The van der Waals surface area contributed by atoms with E-state index >= 15 is 0 Å². The number of nitrogens with zero attached hydrogens (tertiary/aromatic N) is 5. The van der Waals surface area contributed by atoms with Gasteiger partial charge in [0.1, 0.15) is 11.8 Å². The molecule has 0 saturated carbocycles. The zero-order chi connectivity index (χ0) is 12.7. The minimum Gasteiger partial charge on any atom is -0.264 e. The van der Waals surface area contributed by atoms with Crippen LogP contribution in [-0.2, 0) is 0 Å². The quantitative estimate of drug-likeness (QED) is 0.518. The van der Waals surface area contributed by atoms with Crippen LogP contribution in [0.25, 0.3) is 27.9 Å². The van der Waals surface area contributed by atoms with Crippen LogP contribution in [0.1, 0.15) is 0 Å². The third-order valence-corrected chi connectivity index (χ3v) is 3.06. The highest BCUT2D eigenvalue weighted by molar-refractivity contribution is 5.78. The van der Waals surface area contributed by atoms with Crippen LogP contribution in [0, 0.1) is 0 Å². The molecule has 0 aliphatic heterocycles. The highest BCUT2D eigenvalue weighted by Crippen LogP contribution is 2.21. The van der Waals surface area contributed by atoms with Gasteiger partial charge in [-0.2, -0.15) is 0 Å². The molecular formula is C14H9N5. The maximum atomic E-state index is 4.48. The van der Waals surface area contributed by atoms with Crippen molar-refractivity contribution in [1.82, 2.24) is 24.6 Å². The lowest BCUT2D eigenvalue weighted by Gasteiger charge is -2.03. The molecule has 0 bridgehead atoms.